The second-order valence-electron chi connectivity index (χ2n) is 7.59. The molecule has 0 fully saturated rings. The second kappa shape index (κ2) is 10.5. The first kappa shape index (κ1) is 25.4. The van der Waals surface area contributed by atoms with Gasteiger partial charge >= 0.3 is 5.97 Å². The third-order valence-electron chi connectivity index (χ3n) is 5.47. The molecule has 0 bridgehead atoms. The van der Waals surface area contributed by atoms with Crippen LogP contribution in [-0.2, 0) is 9.53 Å². The summed E-state index contributed by atoms with van der Waals surface area (Å²) in [5.74, 6) is 0.847. The standard InChI is InChI=1S/C25H22Br2N2O5S/c1-5-34-24(31)20-13(2)28-25-29(21(20)15-6-8-16(32-3)9-7-15)23(30)19(35-25)12-14-10-17(26)22(33-4)18(27)11-14/h6-12,21H,5H2,1-4H3/b19-12-/t21-/m0/s1. The molecule has 0 aliphatic carbocycles. The average molecular weight is 622 g/mol. The van der Waals surface area contributed by atoms with Crippen LogP contribution in [0.15, 0.2) is 66.4 Å². The van der Waals surface area contributed by atoms with Gasteiger partial charge in [0.15, 0.2) is 4.80 Å². The maximum atomic E-state index is 13.7. The molecule has 0 radical (unpaired) electrons. The van der Waals surface area contributed by atoms with E-state index in [0.717, 1.165) is 20.1 Å². The molecule has 1 aliphatic rings. The molecular weight excluding hydrogens is 600 g/mol. The lowest BCUT2D eigenvalue weighted by Gasteiger charge is -2.24. The average Bonchev–Trinajstić information content (AvgIpc) is 3.12. The second-order valence-corrected chi connectivity index (χ2v) is 10.3. The van der Waals surface area contributed by atoms with Crippen LogP contribution in [0.25, 0.3) is 6.08 Å². The molecule has 2 aromatic carbocycles. The van der Waals surface area contributed by atoms with Crippen molar-refractivity contribution in [2.24, 2.45) is 4.99 Å². The number of rotatable bonds is 6. The third-order valence-corrected chi connectivity index (χ3v) is 7.63. The Kier molecular flexibility index (Phi) is 7.63. The molecule has 1 aliphatic heterocycles. The number of thiazole rings is 1. The minimum Gasteiger partial charge on any atom is -0.497 e. The van der Waals surface area contributed by atoms with Gasteiger partial charge in [0.2, 0.25) is 0 Å². The van der Waals surface area contributed by atoms with Crippen LogP contribution in [-0.4, -0.2) is 31.4 Å². The summed E-state index contributed by atoms with van der Waals surface area (Å²) >= 11 is 8.28. The lowest BCUT2D eigenvalue weighted by atomic mass is 9.96. The molecule has 7 nitrogen and oxygen atoms in total. The zero-order valence-corrected chi connectivity index (χ0v) is 23.4. The first-order valence-corrected chi connectivity index (χ1v) is 13.1. The summed E-state index contributed by atoms with van der Waals surface area (Å²) < 4.78 is 19.5. The van der Waals surface area contributed by atoms with Crippen LogP contribution in [0.3, 0.4) is 0 Å². The first-order chi connectivity index (χ1) is 16.8. The number of ether oxygens (including phenoxy) is 3. The van der Waals surface area contributed by atoms with E-state index in [4.69, 9.17) is 14.2 Å². The van der Waals surface area contributed by atoms with Crippen molar-refractivity contribution in [1.82, 2.24) is 4.57 Å². The van der Waals surface area contributed by atoms with E-state index in [2.05, 4.69) is 36.9 Å². The van der Waals surface area contributed by atoms with Crippen LogP contribution in [0.5, 0.6) is 11.5 Å². The fourth-order valence-corrected chi connectivity index (χ4v) is 6.49. The highest BCUT2D eigenvalue weighted by atomic mass is 79.9. The summed E-state index contributed by atoms with van der Waals surface area (Å²) in [6.07, 6.45) is 1.80. The molecule has 1 aromatic heterocycles. The molecule has 0 saturated carbocycles. The zero-order chi connectivity index (χ0) is 25.3. The van der Waals surface area contributed by atoms with Gasteiger partial charge in [-0.2, -0.15) is 0 Å². The number of benzene rings is 2. The minimum atomic E-state index is -0.673. The molecule has 0 spiro atoms. The summed E-state index contributed by atoms with van der Waals surface area (Å²) in [4.78, 5) is 31.8. The van der Waals surface area contributed by atoms with Gasteiger partial charge in [0.05, 0.1) is 51.6 Å². The largest absolute Gasteiger partial charge is 0.497 e. The van der Waals surface area contributed by atoms with E-state index in [1.807, 2.05) is 24.3 Å². The van der Waals surface area contributed by atoms with Crippen molar-refractivity contribution in [2.45, 2.75) is 19.9 Å². The van der Waals surface area contributed by atoms with Crippen LogP contribution in [0, 0.1) is 0 Å². The molecule has 0 unspecified atom stereocenters. The van der Waals surface area contributed by atoms with Crippen LogP contribution >= 0.6 is 43.2 Å². The summed E-state index contributed by atoms with van der Waals surface area (Å²) in [6, 6.07) is 10.4. The fourth-order valence-electron chi connectivity index (χ4n) is 3.90. The summed E-state index contributed by atoms with van der Waals surface area (Å²) in [7, 11) is 3.17. The van der Waals surface area contributed by atoms with E-state index in [1.54, 1.807) is 50.8 Å². The Morgan fingerprint density at radius 2 is 1.80 bits per heavy atom. The van der Waals surface area contributed by atoms with Crippen molar-refractivity contribution < 1.29 is 19.0 Å². The molecular formula is C25H22Br2N2O5S. The van der Waals surface area contributed by atoms with Crippen molar-refractivity contribution in [3.63, 3.8) is 0 Å². The fraction of sp³-hybridized carbons (Fsp3) is 0.240. The van der Waals surface area contributed by atoms with Crippen LogP contribution < -0.4 is 24.4 Å². The number of halogens is 2. The monoisotopic (exact) mass is 620 g/mol. The molecule has 0 saturated heterocycles. The van der Waals surface area contributed by atoms with Crippen LogP contribution in [0.2, 0.25) is 0 Å². The van der Waals surface area contributed by atoms with Crippen molar-refractivity contribution >= 4 is 55.2 Å². The normalized spacial score (nSPS) is 15.5. The maximum absolute atomic E-state index is 13.7. The summed E-state index contributed by atoms with van der Waals surface area (Å²) in [6.45, 7) is 3.73. The molecule has 10 heteroatoms. The van der Waals surface area contributed by atoms with Gasteiger partial charge in [-0.3, -0.25) is 9.36 Å². The van der Waals surface area contributed by atoms with Gasteiger partial charge in [-0.25, -0.2) is 9.79 Å². The van der Waals surface area contributed by atoms with E-state index in [1.165, 1.54) is 11.3 Å². The number of nitrogens with zero attached hydrogens (tertiary/aromatic N) is 2. The summed E-state index contributed by atoms with van der Waals surface area (Å²) in [5, 5.41) is 0. The highest BCUT2D eigenvalue weighted by Crippen LogP contribution is 2.35. The number of allylic oxidation sites excluding steroid dienone is 1. The first-order valence-electron chi connectivity index (χ1n) is 10.7. The number of esters is 1. The SMILES string of the molecule is CCOC(=O)C1=C(C)N=c2s/c(=C\c3cc(Br)c(OC)c(Br)c3)c(=O)n2[C@H]1c1ccc(OC)cc1. The lowest BCUT2D eigenvalue weighted by Crippen LogP contribution is -2.39. The van der Waals surface area contributed by atoms with Gasteiger partial charge < -0.3 is 14.2 Å². The molecule has 35 heavy (non-hydrogen) atoms. The third kappa shape index (κ3) is 4.87. The maximum Gasteiger partial charge on any atom is 0.338 e. The number of carbonyl (C=O) groups excluding carboxylic acids is 1. The number of hydrogen-bond acceptors (Lipinski definition) is 7. The van der Waals surface area contributed by atoms with E-state index < -0.39 is 12.0 Å². The Bertz CT molecular complexity index is 1480. The number of fused-ring (bicyclic) bond motifs is 1. The van der Waals surface area contributed by atoms with E-state index in [-0.39, 0.29) is 12.2 Å². The van der Waals surface area contributed by atoms with E-state index in [0.29, 0.717) is 32.1 Å². The predicted molar refractivity (Wildman–Crippen MR) is 142 cm³/mol. The zero-order valence-electron chi connectivity index (χ0n) is 19.4. The van der Waals surface area contributed by atoms with Gasteiger partial charge in [0.25, 0.3) is 5.56 Å². The van der Waals surface area contributed by atoms with Gasteiger partial charge in [-0.1, -0.05) is 23.5 Å². The van der Waals surface area contributed by atoms with Crippen LogP contribution in [0.4, 0.5) is 0 Å². The van der Waals surface area contributed by atoms with Crippen molar-refractivity contribution in [3.05, 3.63) is 87.4 Å². The predicted octanol–water partition coefficient (Wildman–Crippen LogP) is 4.34. The smallest absolute Gasteiger partial charge is 0.338 e. The molecule has 3 aromatic rings. The Labute approximate surface area is 222 Å². The molecule has 2 heterocycles. The quantitative estimate of drug-likeness (QED) is 0.383. The van der Waals surface area contributed by atoms with Crippen molar-refractivity contribution in [1.29, 1.82) is 0 Å². The Hall–Kier alpha value is -2.69. The Morgan fingerprint density at radius 1 is 1.14 bits per heavy atom. The van der Waals surface area contributed by atoms with Crippen molar-refractivity contribution in [2.75, 3.05) is 20.8 Å². The molecule has 0 amide bonds. The Balaban J connectivity index is 1.93. The van der Waals surface area contributed by atoms with Gasteiger partial charge in [-0.05, 0) is 87.2 Å². The van der Waals surface area contributed by atoms with Crippen molar-refractivity contribution in [3.8, 4) is 11.5 Å². The number of aromatic nitrogens is 1. The van der Waals surface area contributed by atoms with E-state index >= 15 is 0 Å². The topological polar surface area (TPSA) is 79.1 Å². The minimum absolute atomic E-state index is 0.219. The number of methoxy groups -OCH3 is 2. The van der Waals surface area contributed by atoms with Gasteiger partial charge in [0, 0.05) is 0 Å². The molecule has 4 rings (SSSR count). The number of hydrogen-bond donors (Lipinski definition) is 0. The van der Waals surface area contributed by atoms with Crippen LogP contribution in [0.1, 0.15) is 31.0 Å². The molecule has 182 valence electrons. The van der Waals surface area contributed by atoms with Gasteiger partial charge in [0.1, 0.15) is 11.5 Å². The number of carbonyl (C=O) groups is 1. The van der Waals surface area contributed by atoms with E-state index in [9.17, 15) is 9.59 Å². The lowest BCUT2D eigenvalue weighted by molar-refractivity contribution is -0.139. The molecule has 1 atom stereocenters. The Morgan fingerprint density at radius 3 is 2.37 bits per heavy atom. The molecule has 0 N–H and O–H groups in total. The van der Waals surface area contributed by atoms with Gasteiger partial charge in [-0.15, -0.1) is 0 Å². The highest BCUT2D eigenvalue weighted by molar-refractivity contribution is 9.11. The highest BCUT2D eigenvalue weighted by Gasteiger charge is 2.33. The summed E-state index contributed by atoms with van der Waals surface area (Å²) in [5.41, 5.74) is 2.17.